The van der Waals surface area contributed by atoms with Gasteiger partial charge in [0.25, 0.3) is 11.8 Å². The van der Waals surface area contributed by atoms with Crippen LogP contribution in [0.4, 0.5) is 11.4 Å². The molecule has 4 rings (SSSR count). The van der Waals surface area contributed by atoms with Gasteiger partial charge in [0.1, 0.15) is 11.5 Å². The van der Waals surface area contributed by atoms with Crippen LogP contribution in [0.5, 0.6) is 5.75 Å². The molecule has 1 aliphatic rings. The molecule has 2 amide bonds. The minimum absolute atomic E-state index is 0.0736. The number of benzene rings is 2. The highest BCUT2D eigenvalue weighted by Gasteiger charge is 2.26. The number of hydrogen-bond acceptors (Lipinski definition) is 4. The fourth-order valence-corrected chi connectivity index (χ4v) is 3.38. The predicted molar refractivity (Wildman–Crippen MR) is 106 cm³/mol. The summed E-state index contributed by atoms with van der Waals surface area (Å²) in [6.45, 7) is 2.35. The maximum Gasteiger partial charge on any atom is 0.259 e. The zero-order valence-corrected chi connectivity index (χ0v) is 15.7. The highest BCUT2D eigenvalue weighted by Crippen LogP contribution is 2.32. The van der Waals surface area contributed by atoms with E-state index in [4.69, 9.17) is 9.15 Å². The van der Waals surface area contributed by atoms with E-state index in [2.05, 4.69) is 5.32 Å². The number of ether oxygens (including phenoxy) is 1. The first kappa shape index (κ1) is 17.9. The number of furan rings is 1. The maximum atomic E-state index is 13.0. The number of anilines is 2. The van der Waals surface area contributed by atoms with Crippen LogP contribution in [0, 0.1) is 6.92 Å². The zero-order chi connectivity index (χ0) is 19.7. The van der Waals surface area contributed by atoms with Crippen molar-refractivity contribution in [3.63, 3.8) is 0 Å². The van der Waals surface area contributed by atoms with Crippen LogP contribution < -0.4 is 15.0 Å². The fourth-order valence-electron chi connectivity index (χ4n) is 3.38. The Labute approximate surface area is 162 Å². The Bertz CT molecular complexity index is 1040. The molecule has 142 valence electrons. The Morgan fingerprint density at radius 3 is 2.57 bits per heavy atom. The van der Waals surface area contributed by atoms with Gasteiger partial charge in [0.2, 0.25) is 0 Å². The Morgan fingerprint density at radius 1 is 1.11 bits per heavy atom. The van der Waals surface area contributed by atoms with Gasteiger partial charge in [-0.2, -0.15) is 0 Å². The smallest absolute Gasteiger partial charge is 0.259 e. The average molecular weight is 376 g/mol. The fraction of sp³-hybridized carbons (Fsp3) is 0.182. The van der Waals surface area contributed by atoms with E-state index in [1.807, 2.05) is 18.2 Å². The summed E-state index contributed by atoms with van der Waals surface area (Å²) in [5, 5.41) is 2.88. The number of aryl methyl sites for hydroxylation is 1. The van der Waals surface area contributed by atoms with Crippen LogP contribution in [-0.4, -0.2) is 25.5 Å². The minimum atomic E-state index is -0.239. The molecular formula is C22H20N2O4. The SMILES string of the molecule is COc1ccc(C(=O)N2CCc3ccc(NC(=O)c4ccoc4C)cc32)cc1. The molecule has 3 aromatic rings. The highest BCUT2D eigenvalue weighted by molar-refractivity contribution is 6.08. The number of carbonyl (C=O) groups excluding carboxylic acids is 2. The van der Waals surface area contributed by atoms with Crippen LogP contribution in [0.1, 0.15) is 32.0 Å². The molecule has 0 saturated carbocycles. The van der Waals surface area contributed by atoms with Gasteiger partial charge in [-0.3, -0.25) is 9.59 Å². The van der Waals surface area contributed by atoms with Crippen molar-refractivity contribution in [2.45, 2.75) is 13.3 Å². The molecule has 2 aromatic carbocycles. The molecule has 1 N–H and O–H groups in total. The topological polar surface area (TPSA) is 71.8 Å². The Hall–Kier alpha value is -3.54. The number of rotatable bonds is 4. The standard InChI is InChI=1S/C22H20N2O4/c1-14-19(10-12-28-14)21(25)23-17-6-3-15-9-11-24(20(15)13-17)22(26)16-4-7-18(27-2)8-5-16/h3-8,10,12-13H,9,11H2,1-2H3,(H,23,25). The summed E-state index contributed by atoms with van der Waals surface area (Å²) >= 11 is 0. The summed E-state index contributed by atoms with van der Waals surface area (Å²) in [4.78, 5) is 27.1. The van der Waals surface area contributed by atoms with Gasteiger partial charge in [-0.05, 0) is 61.4 Å². The normalized spacial score (nSPS) is 12.6. The molecule has 0 fully saturated rings. The number of amides is 2. The summed E-state index contributed by atoms with van der Waals surface area (Å²) in [5.41, 5.74) is 3.63. The van der Waals surface area contributed by atoms with Crippen LogP contribution in [0.3, 0.4) is 0 Å². The summed E-state index contributed by atoms with van der Waals surface area (Å²) in [6.07, 6.45) is 2.27. The lowest BCUT2D eigenvalue weighted by Crippen LogP contribution is -2.28. The van der Waals surface area contributed by atoms with E-state index in [1.165, 1.54) is 6.26 Å². The van der Waals surface area contributed by atoms with Crippen LogP contribution in [0.25, 0.3) is 0 Å². The molecule has 6 nitrogen and oxygen atoms in total. The van der Waals surface area contributed by atoms with Crippen molar-refractivity contribution in [1.29, 1.82) is 0 Å². The van der Waals surface area contributed by atoms with Gasteiger partial charge in [0.05, 0.1) is 18.9 Å². The van der Waals surface area contributed by atoms with Gasteiger partial charge >= 0.3 is 0 Å². The van der Waals surface area contributed by atoms with Crippen LogP contribution >= 0.6 is 0 Å². The van der Waals surface area contributed by atoms with Gasteiger partial charge in [-0.15, -0.1) is 0 Å². The lowest BCUT2D eigenvalue weighted by atomic mass is 10.1. The maximum absolute atomic E-state index is 13.0. The molecule has 0 unspecified atom stereocenters. The van der Waals surface area contributed by atoms with E-state index >= 15 is 0 Å². The Morgan fingerprint density at radius 2 is 1.89 bits per heavy atom. The van der Waals surface area contributed by atoms with Gasteiger partial charge in [0.15, 0.2) is 0 Å². The summed E-state index contributed by atoms with van der Waals surface area (Å²) in [5.74, 6) is 0.959. The predicted octanol–water partition coefficient (Wildman–Crippen LogP) is 4.05. The second-order valence-corrected chi connectivity index (χ2v) is 6.62. The first-order valence-electron chi connectivity index (χ1n) is 9.01. The third-order valence-electron chi connectivity index (χ3n) is 4.92. The molecular weight excluding hydrogens is 356 g/mol. The molecule has 0 atom stereocenters. The number of nitrogens with zero attached hydrogens (tertiary/aromatic N) is 1. The lowest BCUT2D eigenvalue weighted by molar-refractivity contribution is 0.0988. The monoisotopic (exact) mass is 376 g/mol. The average Bonchev–Trinajstić information content (AvgIpc) is 3.33. The van der Waals surface area contributed by atoms with Crippen molar-refractivity contribution in [1.82, 2.24) is 0 Å². The molecule has 28 heavy (non-hydrogen) atoms. The molecule has 1 aliphatic heterocycles. The third kappa shape index (κ3) is 3.24. The quantitative estimate of drug-likeness (QED) is 0.746. The summed E-state index contributed by atoms with van der Waals surface area (Å²) < 4.78 is 10.3. The van der Waals surface area contributed by atoms with Crippen LogP contribution in [0.15, 0.2) is 59.2 Å². The Kier molecular flexibility index (Phi) is 4.61. The molecule has 6 heteroatoms. The first-order valence-corrected chi connectivity index (χ1v) is 9.01. The van der Waals surface area contributed by atoms with Crippen LogP contribution in [0.2, 0.25) is 0 Å². The number of hydrogen-bond donors (Lipinski definition) is 1. The molecule has 1 aromatic heterocycles. The van der Waals surface area contributed by atoms with Gasteiger partial charge in [-0.25, -0.2) is 0 Å². The van der Waals surface area contributed by atoms with Crippen molar-refractivity contribution in [2.75, 3.05) is 23.9 Å². The highest BCUT2D eigenvalue weighted by atomic mass is 16.5. The van der Waals surface area contributed by atoms with E-state index in [1.54, 1.807) is 49.3 Å². The van der Waals surface area contributed by atoms with Crippen molar-refractivity contribution >= 4 is 23.2 Å². The van der Waals surface area contributed by atoms with Crippen molar-refractivity contribution < 1.29 is 18.7 Å². The van der Waals surface area contributed by atoms with E-state index < -0.39 is 0 Å². The van der Waals surface area contributed by atoms with Crippen LogP contribution in [-0.2, 0) is 6.42 Å². The molecule has 0 radical (unpaired) electrons. The minimum Gasteiger partial charge on any atom is -0.497 e. The van der Waals surface area contributed by atoms with Gasteiger partial charge < -0.3 is 19.4 Å². The Balaban J connectivity index is 1.57. The summed E-state index contributed by atoms with van der Waals surface area (Å²) in [6, 6.07) is 14.3. The number of fused-ring (bicyclic) bond motifs is 1. The van der Waals surface area contributed by atoms with Crippen molar-refractivity contribution in [3.8, 4) is 5.75 Å². The van der Waals surface area contributed by atoms with E-state index in [-0.39, 0.29) is 11.8 Å². The number of nitrogens with one attached hydrogen (secondary N) is 1. The second kappa shape index (κ2) is 7.23. The molecule has 0 bridgehead atoms. The largest absolute Gasteiger partial charge is 0.497 e. The molecule has 0 spiro atoms. The third-order valence-corrected chi connectivity index (χ3v) is 4.92. The number of methoxy groups -OCH3 is 1. The van der Waals surface area contributed by atoms with E-state index in [9.17, 15) is 9.59 Å². The first-order chi connectivity index (χ1) is 13.6. The van der Waals surface area contributed by atoms with E-state index in [0.717, 1.165) is 17.7 Å². The van der Waals surface area contributed by atoms with E-state index in [0.29, 0.717) is 34.9 Å². The lowest BCUT2D eigenvalue weighted by Gasteiger charge is -2.18. The van der Waals surface area contributed by atoms with Crippen molar-refractivity contribution in [2.24, 2.45) is 0 Å². The van der Waals surface area contributed by atoms with Gasteiger partial charge in [-0.1, -0.05) is 6.07 Å². The molecule has 0 aliphatic carbocycles. The van der Waals surface area contributed by atoms with Crippen molar-refractivity contribution in [3.05, 3.63) is 77.2 Å². The summed E-state index contributed by atoms with van der Waals surface area (Å²) in [7, 11) is 1.59. The zero-order valence-electron chi connectivity index (χ0n) is 15.7. The van der Waals surface area contributed by atoms with Gasteiger partial charge in [0, 0.05) is 23.5 Å². The molecule has 2 heterocycles. The second-order valence-electron chi connectivity index (χ2n) is 6.62. The number of carbonyl (C=O) groups is 2. The molecule has 0 saturated heterocycles.